The predicted molar refractivity (Wildman–Crippen MR) is 125 cm³/mol. The summed E-state index contributed by atoms with van der Waals surface area (Å²) in [6, 6.07) is 15.5. The summed E-state index contributed by atoms with van der Waals surface area (Å²) in [6.07, 6.45) is 3.66. The summed E-state index contributed by atoms with van der Waals surface area (Å²) in [5.74, 6) is -0.469. The van der Waals surface area contributed by atoms with Gasteiger partial charge in [-0.1, -0.05) is 68.8 Å². The van der Waals surface area contributed by atoms with Crippen molar-refractivity contribution in [3.8, 4) is 0 Å². The number of aldehydes is 1. The molecule has 32 heavy (non-hydrogen) atoms. The van der Waals surface area contributed by atoms with E-state index in [0.29, 0.717) is 19.4 Å². The van der Waals surface area contributed by atoms with E-state index in [9.17, 15) is 14.4 Å². The molecule has 3 atom stereocenters. The van der Waals surface area contributed by atoms with E-state index < -0.39 is 18.1 Å². The zero-order valence-electron chi connectivity index (χ0n) is 18.4. The van der Waals surface area contributed by atoms with Crippen molar-refractivity contribution in [1.29, 1.82) is 0 Å². The molecule has 0 radical (unpaired) electrons. The van der Waals surface area contributed by atoms with E-state index in [0.717, 1.165) is 28.3 Å². The Labute approximate surface area is 188 Å². The second-order valence-electron chi connectivity index (χ2n) is 7.99. The lowest BCUT2D eigenvalue weighted by Crippen LogP contribution is -2.55. The molecule has 0 aliphatic carbocycles. The van der Waals surface area contributed by atoms with E-state index in [1.807, 2.05) is 74.6 Å². The van der Waals surface area contributed by atoms with Crippen LogP contribution in [0.1, 0.15) is 31.4 Å². The number of nitrogens with one attached hydrogen (secondary N) is 4. The van der Waals surface area contributed by atoms with Crippen molar-refractivity contribution < 1.29 is 14.4 Å². The Morgan fingerprint density at radius 2 is 1.75 bits per heavy atom. The molecular weight excluding hydrogens is 404 g/mol. The molecule has 0 fully saturated rings. The number of para-hydroxylation sites is 1. The Bertz CT molecular complexity index is 1050. The molecule has 2 aromatic carbocycles. The quantitative estimate of drug-likeness (QED) is 0.368. The van der Waals surface area contributed by atoms with Crippen LogP contribution in [0.5, 0.6) is 0 Å². The molecule has 7 heteroatoms. The first-order valence-electron chi connectivity index (χ1n) is 10.9. The van der Waals surface area contributed by atoms with Gasteiger partial charge in [-0.2, -0.15) is 0 Å². The average Bonchev–Trinajstić information content (AvgIpc) is 3.23. The maximum atomic E-state index is 13.0. The molecule has 0 aliphatic rings. The van der Waals surface area contributed by atoms with Gasteiger partial charge in [-0.3, -0.25) is 4.79 Å². The number of benzene rings is 2. The summed E-state index contributed by atoms with van der Waals surface area (Å²) in [5, 5.41) is 9.37. The van der Waals surface area contributed by atoms with E-state index in [1.165, 1.54) is 0 Å². The van der Waals surface area contributed by atoms with Gasteiger partial charge in [0, 0.05) is 30.1 Å². The van der Waals surface area contributed by atoms with Crippen LogP contribution in [-0.4, -0.2) is 35.3 Å². The normalized spacial score (nSPS) is 13.7. The van der Waals surface area contributed by atoms with E-state index in [2.05, 4.69) is 20.9 Å². The van der Waals surface area contributed by atoms with Gasteiger partial charge in [0.25, 0.3) is 0 Å². The third kappa shape index (κ3) is 5.97. The number of fused-ring (bicyclic) bond motifs is 1. The molecule has 0 aliphatic heterocycles. The van der Waals surface area contributed by atoms with Crippen molar-refractivity contribution in [2.24, 2.45) is 5.92 Å². The van der Waals surface area contributed by atoms with E-state index in [-0.39, 0.29) is 11.8 Å². The average molecular weight is 435 g/mol. The van der Waals surface area contributed by atoms with Gasteiger partial charge in [0.15, 0.2) is 0 Å². The summed E-state index contributed by atoms with van der Waals surface area (Å²) in [4.78, 5) is 40.3. The molecule has 3 amide bonds. The van der Waals surface area contributed by atoms with Gasteiger partial charge in [-0.25, -0.2) is 4.79 Å². The molecule has 1 aromatic heterocycles. The minimum absolute atomic E-state index is 0.0992. The molecule has 0 saturated carbocycles. The minimum atomic E-state index is -0.749. The van der Waals surface area contributed by atoms with Crippen LogP contribution in [0.2, 0.25) is 0 Å². The molecule has 3 aromatic rings. The fourth-order valence-corrected chi connectivity index (χ4v) is 3.62. The third-order valence-electron chi connectivity index (χ3n) is 5.68. The molecule has 1 heterocycles. The number of urea groups is 1. The van der Waals surface area contributed by atoms with Gasteiger partial charge >= 0.3 is 6.03 Å². The van der Waals surface area contributed by atoms with Crippen molar-refractivity contribution in [2.45, 2.75) is 45.3 Å². The summed E-state index contributed by atoms with van der Waals surface area (Å²) in [7, 11) is 0. The molecule has 3 rings (SSSR count). The fourth-order valence-electron chi connectivity index (χ4n) is 3.62. The van der Waals surface area contributed by atoms with Crippen molar-refractivity contribution >= 4 is 29.1 Å². The first-order valence-corrected chi connectivity index (χ1v) is 10.9. The SMILES string of the molecule is CC[C@@H](C)[C@H](NC(=O)NCc1ccccc1)C(=O)N[C@@H](C=O)Cc1c[nH]c2ccccc12. The highest BCUT2D eigenvalue weighted by Crippen LogP contribution is 2.19. The maximum absolute atomic E-state index is 13.0. The molecule has 168 valence electrons. The summed E-state index contributed by atoms with van der Waals surface area (Å²) < 4.78 is 0. The van der Waals surface area contributed by atoms with Gasteiger partial charge < -0.3 is 25.7 Å². The van der Waals surface area contributed by atoms with Gasteiger partial charge in [-0.05, 0) is 23.1 Å². The Morgan fingerprint density at radius 1 is 1.03 bits per heavy atom. The number of carbonyl (C=O) groups excluding carboxylic acids is 3. The van der Waals surface area contributed by atoms with Gasteiger partial charge in [0.2, 0.25) is 5.91 Å². The minimum Gasteiger partial charge on any atom is -0.361 e. The largest absolute Gasteiger partial charge is 0.361 e. The van der Waals surface area contributed by atoms with E-state index in [4.69, 9.17) is 0 Å². The maximum Gasteiger partial charge on any atom is 0.315 e. The topological polar surface area (TPSA) is 103 Å². The fraction of sp³-hybridized carbons (Fsp3) is 0.320. The Morgan fingerprint density at radius 3 is 2.47 bits per heavy atom. The summed E-state index contributed by atoms with van der Waals surface area (Å²) >= 11 is 0. The van der Waals surface area contributed by atoms with Gasteiger partial charge in [0.1, 0.15) is 12.3 Å². The first-order chi connectivity index (χ1) is 15.5. The van der Waals surface area contributed by atoms with Gasteiger partial charge in [0.05, 0.1) is 6.04 Å². The number of rotatable bonds is 10. The van der Waals surface area contributed by atoms with Crippen LogP contribution in [0.25, 0.3) is 10.9 Å². The van der Waals surface area contributed by atoms with Crippen molar-refractivity contribution in [2.75, 3.05) is 0 Å². The Balaban J connectivity index is 1.62. The molecule has 4 N–H and O–H groups in total. The molecule has 0 bridgehead atoms. The number of amides is 3. The molecule has 0 saturated heterocycles. The van der Waals surface area contributed by atoms with Crippen molar-refractivity contribution in [3.05, 3.63) is 71.9 Å². The van der Waals surface area contributed by atoms with Crippen LogP contribution in [0.4, 0.5) is 4.79 Å². The van der Waals surface area contributed by atoms with Crippen LogP contribution < -0.4 is 16.0 Å². The first kappa shape index (κ1) is 23.1. The number of carbonyl (C=O) groups is 3. The zero-order chi connectivity index (χ0) is 22.9. The van der Waals surface area contributed by atoms with E-state index >= 15 is 0 Å². The highest BCUT2D eigenvalue weighted by molar-refractivity contribution is 5.89. The lowest BCUT2D eigenvalue weighted by molar-refractivity contribution is -0.126. The highest BCUT2D eigenvalue weighted by atomic mass is 16.2. The number of hydrogen-bond donors (Lipinski definition) is 4. The van der Waals surface area contributed by atoms with Crippen LogP contribution in [0.15, 0.2) is 60.8 Å². The number of hydrogen-bond acceptors (Lipinski definition) is 3. The number of aromatic nitrogens is 1. The Kier molecular flexibility index (Phi) is 8.02. The molecule has 7 nitrogen and oxygen atoms in total. The molecular formula is C25H30N4O3. The standard InChI is InChI=1S/C25H30N4O3/c1-3-17(2)23(29-25(32)27-14-18-9-5-4-6-10-18)24(31)28-20(16-30)13-19-15-26-22-12-8-7-11-21(19)22/h4-12,15-17,20,23,26H,3,13-14H2,1-2H3,(H,28,31)(H2,27,29,32)/t17-,20-,23+/m1/s1. The second kappa shape index (κ2) is 11.1. The summed E-state index contributed by atoms with van der Waals surface area (Å²) in [6.45, 7) is 4.22. The molecule has 0 spiro atoms. The number of H-pyrrole nitrogens is 1. The third-order valence-corrected chi connectivity index (χ3v) is 5.68. The lowest BCUT2D eigenvalue weighted by Gasteiger charge is -2.25. The number of aromatic amines is 1. The van der Waals surface area contributed by atoms with Crippen molar-refractivity contribution in [3.63, 3.8) is 0 Å². The predicted octanol–water partition coefficient (Wildman–Crippen LogP) is 3.31. The van der Waals surface area contributed by atoms with Crippen LogP contribution >= 0.6 is 0 Å². The lowest BCUT2D eigenvalue weighted by atomic mass is 9.97. The second-order valence-corrected chi connectivity index (χ2v) is 7.99. The van der Waals surface area contributed by atoms with Crippen molar-refractivity contribution in [1.82, 2.24) is 20.9 Å². The Hall–Kier alpha value is -3.61. The van der Waals surface area contributed by atoms with Gasteiger partial charge in [-0.15, -0.1) is 0 Å². The molecule has 0 unspecified atom stereocenters. The zero-order valence-corrected chi connectivity index (χ0v) is 18.4. The highest BCUT2D eigenvalue weighted by Gasteiger charge is 2.28. The van der Waals surface area contributed by atoms with E-state index in [1.54, 1.807) is 0 Å². The van der Waals surface area contributed by atoms with Crippen LogP contribution in [0.3, 0.4) is 0 Å². The smallest absolute Gasteiger partial charge is 0.315 e. The van der Waals surface area contributed by atoms with Crippen LogP contribution in [0, 0.1) is 5.92 Å². The van der Waals surface area contributed by atoms with Crippen LogP contribution in [-0.2, 0) is 22.6 Å². The monoisotopic (exact) mass is 434 g/mol. The summed E-state index contributed by atoms with van der Waals surface area (Å²) in [5.41, 5.74) is 2.89.